The number of nitrogens with zero attached hydrogens (tertiary/aromatic N) is 1. The van der Waals surface area contributed by atoms with Gasteiger partial charge in [-0.1, -0.05) is 18.2 Å². The predicted molar refractivity (Wildman–Crippen MR) is 92.4 cm³/mol. The molecule has 0 bridgehead atoms. The van der Waals surface area contributed by atoms with Gasteiger partial charge in [-0.3, -0.25) is 4.98 Å². The molecule has 2 heterocycles. The lowest BCUT2D eigenvalue weighted by Crippen LogP contribution is -2.42. The molecule has 1 aliphatic heterocycles. The van der Waals surface area contributed by atoms with Crippen LogP contribution in [0.15, 0.2) is 54.4 Å². The third-order valence-corrected chi connectivity index (χ3v) is 3.59. The van der Waals surface area contributed by atoms with Crippen LogP contribution in [0.4, 0.5) is 5.69 Å². The van der Waals surface area contributed by atoms with E-state index in [1.807, 2.05) is 49.5 Å². The number of carbonyl (C=O) groups excluding carboxylic acids is 2. The fourth-order valence-corrected chi connectivity index (χ4v) is 2.31. The van der Waals surface area contributed by atoms with Crippen molar-refractivity contribution in [1.82, 2.24) is 4.98 Å². The molecule has 2 aromatic rings. The minimum absolute atomic E-state index is 0.177. The maximum absolute atomic E-state index is 11.9. The van der Waals surface area contributed by atoms with Gasteiger partial charge >= 0.3 is 11.9 Å². The molecule has 0 spiro atoms. The number of carbonyl (C=O) groups is 2. The summed E-state index contributed by atoms with van der Waals surface area (Å²) in [5, 5.41) is 2.91. The van der Waals surface area contributed by atoms with Gasteiger partial charge in [-0.05, 0) is 30.7 Å². The molecule has 6 nitrogen and oxygen atoms in total. The number of anilines is 1. The van der Waals surface area contributed by atoms with Crippen molar-refractivity contribution in [3.05, 3.63) is 59.9 Å². The van der Waals surface area contributed by atoms with E-state index in [-0.39, 0.29) is 5.57 Å². The Labute approximate surface area is 145 Å². The van der Waals surface area contributed by atoms with Gasteiger partial charge < -0.3 is 14.8 Å². The Morgan fingerprint density at radius 1 is 1.00 bits per heavy atom. The summed E-state index contributed by atoms with van der Waals surface area (Å²) < 4.78 is 10.1. The summed E-state index contributed by atoms with van der Waals surface area (Å²) in [5.41, 5.74) is 3.48. The molecule has 0 saturated carbocycles. The smallest absolute Gasteiger partial charge is 0.350 e. The monoisotopic (exact) mass is 338 g/mol. The van der Waals surface area contributed by atoms with E-state index in [1.54, 1.807) is 0 Å². The topological polar surface area (TPSA) is 77.5 Å². The maximum atomic E-state index is 11.9. The second-order valence-corrected chi connectivity index (χ2v) is 6.18. The van der Waals surface area contributed by atoms with Crippen molar-refractivity contribution >= 4 is 17.6 Å². The molecule has 1 aromatic carbocycles. The highest BCUT2D eigenvalue weighted by Crippen LogP contribution is 2.23. The molecule has 1 N–H and O–H groups in total. The number of pyridine rings is 1. The van der Waals surface area contributed by atoms with E-state index in [0.29, 0.717) is 5.69 Å². The molecule has 0 unspecified atom stereocenters. The first-order valence-corrected chi connectivity index (χ1v) is 7.80. The molecular weight excluding hydrogens is 320 g/mol. The Bertz CT molecular complexity index is 815. The van der Waals surface area contributed by atoms with Gasteiger partial charge in [0.1, 0.15) is 0 Å². The number of rotatable bonds is 3. The summed E-state index contributed by atoms with van der Waals surface area (Å²) in [6.45, 7) is 5.00. The predicted octanol–water partition coefficient (Wildman–Crippen LogP) is 3.19. The molecule has 1 aromatic heterocycles. The summed E-state index contributed by atoms with van der Waals surface area (Å²) in [4.78, 5) is 28.1. The highest BCUT2D eigenvalue weighted by Gasteiger charge is 2.38. The minimum atomic E-state index is -1.24. The maximum Gasteiger partial charge on any atom is 0.350 e. The van der Waals surface area contributed by atoms with E-state index < -0.39 is 17.7 Å². The Kier molecular flexibility index (Phi) is 4.27. The Balaban J connectivity index is 1.72. The molecular formula is C19H18N2O4. The number of nitrogens with one attached hydrogen (secondary N) is 1. The molecule has 0 amide bonds. The second-order valence-electron chi connectivity index (χ2n) is 6.18. The molecule has 3 rings (SSSR count). The van der Waals surface area contributed by atoms with Crippen molar-refractivity contribution in [2.75, 3.05) is 5.32 Å². The number of hydrogen-bond acceptors (Lipinski definition) is 6. The average molecular weight is 338 g/mol. The fourth-order valence-electron chi connectivity index (χ4n) is 2.31. The molecule has 0 radical (unpaired) electrons. The van der Waals surface area contributed by atoms with Crippen molar-refractivity contribution in [2.45, 2.75) is 26.6 Å². The lowest BCUT2D eigenvalue weighted by molar-refractivity contribution is -0.222. The van der Waals surface area contributed by atoms with Crippen LogP contribution < -0.4 is 5.32 Å². The average Bonchev–Trinajstić information content (AvgIpc) is 2.54. The summed E-state index contributed by atoms with van der Waals surface area (Å²) >= 11 is 0. The van der Waals surface area contributed by atoms with Crippen LogP contribution in [0.5, 0.6) is 0 Å². The highest BCUT2D eigenvalue weighted by atomic mass is 16.7. The second kappa shape index (κ2) is 6.39. The number of benzene rings is 1. The number of ether oxygens (including phenoxy) is 2. The summed E-state index contributed by atoms with van der Waals surface area (Å²) in [6.07, 6.45) is 3.10. The van der Waals surface area contributed by atoms with Crippen LogP contribution >= 0.6 is 0 Å². The number of cyclic esters (lactones) is 2. The molecule has 25 heavy (non-hydrogen) atoms. The third-order valence-electron chi connectivity index (χ3n) is 3.59. The first-order valence-electron chi connectivity index (χ1n) is 7.80. The number of hydrogen-bond donors (Lipinski definition) is 1. The zero-order valence-corrected chi connectivity index (χ0v) is 14.2. The Morgan fingerprint density at radius 3 is 2.20 bits per heavy atom. The van der Waals surface area contributed by atoms with Gasteiger partial charge in [-0.25, -0.2) is 9.59 Å². The van der Waals surface area contributed by atoms with Crippen LogP contribution in [-0.2, 0) is 19.1 Å². The van der Waals surface area contributed by atoms with Gasteiger partial charge in [0, 0.05) is 37.5 Å². The van der Waals surface area contributed by atoms with E-state index >= 15 is 0 Å². The zero-order valence-electron chi connectivity index (χ0n) is 14.2. The molecule has 128 valence electrons. The summed E-state index contributed by atoms with van der Waals surface area (Å²) in [6, 6.07) is 11.4. The van der Waals surface area contributed by atoms with Crippen molar-refractivity contribution in [1.29, 1.82) is 0 Å². The van der Waals surface area contributed by atoms with E-state index in [2.05, 4.69) is 10.3 Å². The van der Waals surface area contributed by atoms with E-state index in [4.69, 9.17) is 9.47 Å². The molecule has 0 atom stereocenters. The molecule has 6 heteroatoms. The van der Waals surface area contributed by atoms with Gasteiger partial charge in [-0.2, -0.15) is 0 Å². The quantitative estimate of drug-likeness (QED) is 0.526. The highest BCUT2D eigenvalue weighted by molar-refractivity contribution is 6.15. The SMILES string of the molecule is Cc1ccc(-c2ccc(NC=C3C(=O)OC(C)(C)OC3=O)cc2)nc1. The largest absolute Gasteiger partial charge is 0.419 e. The summed E-state index contributed by atoms with van der Waals surface area (Å²) in [5.74, 6) is -2.67. The van der Waals surface area contributed by atoms with Gasteiger partial charge in [0.15, 0.2) is 5.57 Å². The van der Waals surface area contributed by atoms with Crippen LogP contribution in [-0.4, -0.2) is 22.7 Å². The van der Waals surface area contributed by atoms with Crippen LogP contribution in [0.2, 0.25) is 0 Å². The lowest BCUT2D eigenvalue weighted by atomic mass is 10.1. The normalized spacial score (nSPS) is 16.0. The molecule has 1 aliphatic rings. The van der Waals surface area contributed by atoms with E-state index in [0.717, 1.165) is 16.8 Å². The number of esters is 2. The number of aryl methyl sites for hydroxylation is 1. The lowest BCUT2D eigenvalue weighted by Gasteiger charge is -2.29. The van der Waals surface area contributed by atoms with Gasteiger partial charge in [0.25, 0.3) is 5.79 Å². The Hall–Kier alpha value is -3.15. The first-order chi connectivity index (χ1) is 11.8. The fraction of sp³-hybridized carbons (Fsp3) is 0.211. The van der Waals surface area contributed by atoms with E-state index in [9.17, 15) is 9.59 Å². The summed E-state index contributed by atoms with van der Waals surface area (Å²) in [7, 11) is 0. The molecule has 1 fully saturated rings. The van der Waals surface area contributed by atoms with Gasteiger partial charge in [0.05, 0.1) is 5.69 Å². The van der Waals surface area contributed by atoms with Crippen molar-refractivity contribution in [2.24, 2.45) is 0 Å². The third kappa shape index (κ3) is 3.85. The van der Waals surface area contributed by atoms with Crippen LogP contribution in [0.1, 0.15) is 19.4 Å². The van der Waals surface area contributed by atoms with Gasteiger partial charge in [0.2, 0.25) is 0 Å². The molecule has 0 aliphatic carbocycles. The van der Waals surface area contributed by atoms with Crippen LogP contribution in [0.25, 0.3) is 11.3 Å². The van der Waals surface area contributed by atoms with Crippen molar-refractivity contribution in [3.63, 3.8) is 0 Å². The Morgan fingerprint density at radius 2 is 1.64 bits per heavy atom. The van der Waals surface area contributed by atoms with Crippen molar-refractivity contribution in [3.8, 4) is 11.3 Å². The number of aromatic nitrogens is 1. The van der Waals surface area contributed by atoms with E-state index in [1.165, 1.54) is 20.0 Å². The van der Waals surface area contributed by atoms with Gasteiger partial charge in [-0.15, -0.1) is 0 Å². The van der Waals surface area contributed by atoms with Crippen molar-refractivity contribution < 1.29 is 19.1 Å². The standard InChI is InChI=1S/C19H18N2O4/c1-12-4-9-16(21-10-12)13-5-7-14(8-6-13)20-11-15-17(22)24-19(2,3)25-18(15)23/h4-11,20H,1-3H3. The molecule has 1 saturated heterocycles. The van der Waals surface area contributed by atoms with Crippen LogP contribution in [0.3, 0.4) is 0 Å². The minimum Gasteiger partial charge on any atom is -0.419 e. The first kappa shape index (κ1) is 16.7. The van der Waals surface area contributed by atoms with Crippen LogP contribution in [0, 0.1) is 6.92 Å². The zero-order chi connectivity index (χ0) is 18.0.